The van der Waals surface area contributed by atoms with Crippen LogP contribution < -0.4 is 0 Å². The molecule has 1 heteroatoms. The molecule has 80 valence electrons. The zero-order valence-electron chi connectivity index (χ0n) is 9.04. The Morgan fingerprint density at radius 2 is 1.25 bits per heavy atom. The van der Waals surface area contributed by atoms with Gasteiger partial charge in [-0.1, -0.05) is 60.7 Å². The van der Waals surface area contributed by atoms with Gasteiger partial charge in [-0.05, 0) is 11.1 Å². The van der Waals surface area contributed by atoms with Gasteiger partial charge in [-0.2, -0.15) is 0 Å². The summed E-state index contributed by atoms with van der Waals surface area (Å²) in [4.78, 5) is 0. The molecule has 0 radical (unpaired) electrons. The van der Waals surface area contributed by atoms with Gasteiger partial charge in [-0.25, -0.2) is 0 Å². The van der Waals surface area contributed by atoms with Crippen molar-refractivity contribution in [1.82, 2.24) is 0 Å². The van der Waals surface area contributed by atoms with Crippen LogP contribution in [-0.4, -0.2) is 12.7 Å². The Morgan fingerprint density at radius 3 is 1.62 bits per heavy atom. The molecule has 1 aliphatic heterocycles. The highest BCUT2D eigenvalue weighted by Crippen LogP contribution is 2.35. The number of benzene rings is 2. The molecule has 0 bridgehead atoms. The summed E-state index contributed by atoms with van der Waals surface area (Å²) in [5, 5.41) is 0. The van der Waals surface area contributed by atoms with Gasteiger partial charge in [0.05, 0.1) is 12.7 Å². The largest absolute Gasteiger partial charge is 0.372 e. The molecule has 0 aromatic heterocycles. The average Bonchev–Trinajstić information content (AvgIpc) is 3.17. The molecule has 1 aliphatic rings. The Morgan fingerprint density at radius 1 is 0.812 bits per heavy atom. The predicted octanol–water partition coefficient (Wildman–Crippen LogP) is 3.22. The molecule has 3 rings (SSSR count). The Bertz CT molecular complexity index is 406. The van der Waals surface area contributed by atoms with E-state index in [1.54, 1.807) is 0 Å². The van der Waals surface area contributed by atoms with Crippen molar-refractivity contribution in [3.8, 4) is 0 Å². The van der Waals surface area contributed by atoms with E-state index in [0.717, 1.165) is 6.61 Å². The second-order valence-electron chi connectivity index (χ2n) is 4.17. The van der Waals surface area contributed by atoms with Gasteiger partial charge in [0, 0.05) is 5.92 Å². The van der Waals surface area contributed by atoms with E-state index in [-0.39, 0.29) is 0 Å². The third-order valence-corrected chi connectivity index (χ3v) is 3.05. The van der Waals surface area contributed by atoms with E-state index >= 15 is 0 Å². The first-order chi connectivity index (χ1) is 7.95. The average molecular weight is 210 g/mol. The quantitative estimate of drug-likeness (QED) is 0.709. The number of rotatable bonds is 3. The zero-order valence-corrected chi connectivity index (χ0v) is 9.04. The molecule has 1 nitrogen and oxygen atoms in total. The molecule has 1 atom stereocenters. The van der Waals surface area contributed by atoms with Crippen LogP contribution in [0.15, 0.2) is 60.7 Å². The second kappa shape index (κ2) is 4.11. The smallest absolute Gasteiger partial charge is 0.0918 e. The van der Waals surface area contributed by atoms with Crippen molar-refractivity contribution in [1.29, 1.82) is 0 Å². The first kappa shape index (κ1) is 9.61. The molecule has 0 amide bonds. The highest BCUT2D eigenvalue weighted by Gasteiger charge is 2.34. The lowest BCUT2D eigenvalue weighted by Crippen LogP contribution is -2.07. The van der Waals surface area contributed by atoms with Crippen LogP contribution in [0.1, 0.15) is 17.0 Å². The SMILES string of the molecule is c1ccc(C(c2ccccc2)[C@H]2CO2)cc1. The molecule has 0 unspecified atom stereocenters. The summed E-state index contributed by atoms with van der Waals surface area (Å²) in [7, 11) is 0. The maximum Gasteiger partial charge on any atom is 0.0918 e. The first-order valence-electron chi connectivity index (χ1n) is 5.66. The van der Waals surface area contributed by atoms with Gasteiger partial charge in [0.2, 0.25) is 0 Å². The lowest BCUT2D eigenvalue weighted by atomic mass is 9.89. The molecule has 0 spiro atoms. The predicted molar refractivity (Wildman–Crippen MR) is 64.5 cm³/mol. The molecular weight excluding hydrogens is 196 g/mol. The van der Waals surface area contributed by atoms with Crippen molar-refractivity contribution in [3.05, 3.63) is 71.8 Å². The Kier molecular flexibility index (Phi) is 2.47. The van der Waals surface area contributed by atoms with Gasteiger partial charge in [-0.3, -0.25) is 0 Å². The summed E-state index contributed by atoms with van der Waals surface area (Å²) in [5.74, 6) is 0.391. The van der Waals surface area contributed by atoms with E-state index in [2.05, 4.69) is 60.7 Å². The van der Waals surface area contributed by atoms with Gasteiger partial charge in [0.15, 0.2) is 0 Å². The van der Waals surface area contributed by atoms with Crippen LogP contribution >= 0.6 is 0 Å². The summed E-state index contributed by atoms with van der Waals surface area (Å²) in [6.07, 6.45) is 0.366. The van der Waals surface area contributed by atoms with Crippen LogP contribution in [0.25, 0.3) is 0 Å². The lowest BCUT2D eigenvalue weighted by Gasteiger charge is -2.15. The van der Waals surface area contributed by atoms with Gasteiger partial charge in [0.1, 0.15) is 0 Å². The van der Waals surface area contributed by atoms with Crippen molar-refractivity contribution in [2.45, 2.75) is 12.0 Å². The van der Waals surface area contributed by atoms with E-state index in [0.29, 0.717) is 12.0 Å². The van der Waals surface area contributed by atoms with Gasteiger partial charge in [0.25, 0.3) is 0 Å². The minimum atomic E-state index is 0.366. The van der Waals surface area contributed by atoms with Gasteiger partial charge < -0.3 is 4.74 Å². The summed E-state index contributed by atoms with van der Waals surface area (Å²) >= 11 is 0. The van der Waals surface area contributed by atoms with Crippen LogP contribution in [-0.2, 0) is 4.74 Å². The minimum Gasteiger partial charge on any atom is -0.372 e. The summed E-state index contributed by atoms with van der Waals surface area (Å²) in [5.41, 5.74) is 2.69. The monoisotopic (exact) mass is 210 g/mol. The molecule has 1 heterocycles. The highest BCUT2D eigenvalue weighted by atomic mass is 16.6. The van der Waals surface area contributed by atoms with E-state index in [4.69, 9.17) is 4.74 Å². The maximum absolute atomic E-state index is 5.48. The van der Waals surface area contributed by atoms with Crippen LogP contribution in [0, 0.1) is 0 Å². The molecule has 1 saturated heterocycles. The summed E-state index contributed by atoms with van der Waals surface area (Å²) in [6, 6.07) is 21.2. The Labute approximate surface area is 95.7 Å². The molecule has 0 saturated carbocycles. The number of ether oxygens (including phenoxy) is 1. The molecule has 16 heavy (non-hydrogen) atoms. The number of epoxide rings is 1. The standard InChI is InChI=1S/C15H14O/c1-3-7-12(8-4-1)15(14-11-16-14)13-9-5-2-6-10-13/h1-10,14-15H,11H2/t14-/m1/s1. The summed E-state index contributed by atoms with van der Waals surface area (Å²) < 4.78 is 5.48. The van der Waals surface area contributed by atoms with Crippen LogP contribution in [0.5, 0.6) is 0 Å². The molecule has 0 N–H and O–H groups in total. The normalized spacial score (nSPS) is 18.7. The topological polar surface area (TPSA) is 12.5 Å². The maximum atomic E-state index is 5.48. The number of hydrogen-bond donors (Lipinski definition) is 0. The van der Waals surface area contributed by atoms with Crippen molar-refractivity contribution >= 4 is 0 Å². The molecule has 1 fully saturated rings. The fourth-order valence-electron chi connectivity index (χ4n) is 2.19. The van der Waals surface area contributed by atoms with Crippen LogP contribution in [0.3, 0.4) is 0 Å². The van der Waals surface area contributed by atoms with Crippen molar-refractivity contribution in [3.63, 3.8) is 0 Å². The zero-order chi connectivity index (χ0) is 10.8. The van der Waals surface area contributed by atoms with E-state index in [1.165, 1.54) is 11.1 Å². The fraction of sp³-hybridized carbons (Fsp3) is 0.200. The van der Waals surface area contributed by atoms with E-state index in [1.807, 2.05) is 0 Å². The lowest BCUT2D eigenvalue weighted by molar-refractivity contribution is 0.389. The third kappa shape index (κ3) is 1.86. The minimum absolute atomic E-state index is 0.366. The van der Waals surface area contributed by atoms with Crippen LogP contribution in [0.4, 0.5) is 0 Å². The molecule has 2 aromatic rings. The van der Waals surface area contributed by atoms with Crippen molar-refractivity contribution < 1.29 is 4.74 Å². The highest BCUT2D eigenvalue weighted by molar-refractivity contribution is 5.34. The first-order valence-corrected chi connectivity index (χ1v) is 5.66. The third-order valence-electron chi connectivity index (χ3n) is 3.05. The van der Waals surface area contributed by atoms with Gasteiger partial charge >= 0.3 is 0 Å². The van der Waals surface area contributed by atoms with Crippen molar-refractivity contribution in [2.75, 3.05) is 6.61 Å². The van der Waals surface area contributed by atoms with Gasteiger partial charge in [-0.15, -0.1) is 0 Å². The van der Waals surface area contributed by atoms with E-state index in [9.17, 15) is 0 Å². The Balaban J connectivity index is 1.99. The fourth-order valence-corrected chi connectivity index (χ4v) is 2.19. The second-order valence-corrected chi connectivity index (χ2v) is 4.17. The molecular formula is C15H14O. The van der Waals surface area contributed by atoms with Crippen LogP contribution in [0.2, 0.25) is 0 Å². The van der Waals surface area contributed by atoms with E-state index < -0.39 is 0 Å². The summed E-state index contributed by atoms with van der Waals surface area (Å²) in [6.45, 7) is 0.883. The number of hydrogen-bond acceptors (Lipinski definition) is 1. The molecule has 0 aliphatic carbocycles. The van der Waals surface area contributed by atoms with Crippen molar-refractivity contribution in [2.24, 2.45) is 0 Å². The molecule has 2 aromatic carbocycles. The Hall–Kier alpha value is -1.60.